The number of aromatic nitrogens is 1. The molecule has 148 valence electrons. The summed E-state index contributed by atoms with van der Waals surface area (Å²) >= 11 is 5.24. The molecule has 1 N–H and O–H groups in total. The maximum Gasteiger partial charge on any atom is 0.270 e. The van der Waals surface area contributed by atoms with Gasteiger partial charge in [-0.3, -0.25) is 24.8 Å². The van der Waals surface area contributed by atoms with Gasteiger partial charge in [0, 0.05) is 6.20 Å². The fourth-order valence-electron chi connectivity index (χ4n) is 2.97. The molecule has 0 atom stereocenters. The van der Waals surface area contributed by atoms with Crippen molar-refractivity contribution in [1.82, 2.24) is 10.3 Å². The number of anilines is 1. The summed E-state index contributed by atoms with van der Waals surface area (Å²) in [5.41, 5.74) is 1.90. The SMILES string of the molecule is Cc1cccnc1C=C1C(=O)NC(=S)N(c2ccc(Oc3ccccc3)cc2)C1=O. The fraction of sp³-hybridized carbons (Fsp3) is 0.0435. The summed E-state index contributed by atoms with van der Waals surface area (Å²) in [6.07, 6.45) is 3.09. The smallest absolute Gasteiger partial charge is 0.270 e. The summed E-state index contributed by atoms with van der Waals surface area (Å²) in [5.74, 6) is 0.267. The molecule has 0 radical (unpaired) electrons. The molecule has 0 unspecified atom stereocenters. The second kappa shape index (κ2) is 8.26. The molecule has 1 aliphatic heterocycles. The number of pyridine rings is 1. The van der Waals surface area contributed by atoms with Crippen molar-refractivity contribution in [3.8, 4) is 11.5 Å². The van der Waals surface area contributed by atoms with Gasteiger partial charge in [0.05, 0.1) is 11.4 Å². The summed E-state index contributed by atoms with van der Waals surface area (Å²) in [4.78, 5) is 31.0. The summed E-state index contributed by atoms with van der Waals surface area (Å²) in [7, 11) is 0. The van der Waals surface area contributed by atoms with Crippen molar-refractivity contribution < 1.29 is 14.3 Å². The van der Waals surface area contributed by atoms with Gasteiger partial charge in [0.25, 0.3) is 11.8 Å². The number of thiocarbonyl (C=S) groups is 1. The summed E-state index contributed by atoms with van der Waals surface area (Å²) < 4.78 is 5.78. The second-order valence-corrected chi connectivity index (χ2v) is 6.96. The number of hydrogen-bond acceptors (Lipinski definition) is 5. The molecule has 0 spiro atoms. The van der Waals surface area contributed by atoms with Gasteiger partial charge < -0.3 is 4.74 Å². The highest BCUT2D eigenvalue weighted by molar-refractivity contribution is 7.80. The Morgan fingerprint density at radius 1 is 0.967 bits per heavy atom. The van der Waals surface area contributed by atoms with Crippen LogP contribution in [0.15, 0.2) is 78.5 Å². The molecule has 1 saturated heterocycles. The zero-order valence-electron chi connectivity index (χ0n) is 16.0. The van der Waals surface area contributed by atoms with E-state index in [4.69, 9.17) is 17.0 Å². The van der Waals surface area contributed by atoms with Gasteiger partial charge in [-0.15, -0.1) is 0 Å². The number of carbonyl (C=O) groups is 2. The molecule has 4 rings (SSSR count). The van der Waals surface area contributed by atoms with Crippen LogP contribution in [0.2, 0.25) is 0 Å². The molecule has 0 aliphatic carbocycles. The Bertz CT molecular complexity index is 1160. The Labute approximate surface area is 178 Å². The average Bonchev–Trinajstić information content (AvgIpc) is 2.74. The number of rotatable bonds is 4. The third kappa shape index (κ3) is 3.97. The summed E-state index contributed by atoms with van der Waals surface area (Å²) in [6, 6.07) is 19.9. The standard InChI is InChI=1S/C23H17N3O3S/c1-15-6-5-13-24-20(15)14-19-21(27)25-23(30)26(22(19)28)16-9-11-18(12-10-16)29-17-7-3-2-4-8-17/h2-14H,1H3,(H,25,27,30). The van der Waals surface area contributed by atoms with Crippen LogP contribution in [-0.2, 0) is 9.59 Å². The molecule has 6 nitrogen and oxygen atoms in total. The molecule has 30 heavy (non-hydrogen) atoms. The predicted molar refractivity (Wildman–Crippen MR) is 118 cm³/mol. The minimum Gasteiger partial charge on any atom is -0.457 e. The lowest BCUT2D eigenvalue weighted by Crippen LogP contribution is -2.54. The number of nitrogens with one attached hydrogen (secondary N) is 1. The van der Waals surface area contributed by atoms with Gasteiger partial charge in [-0.05, 0) is 73.2 Å². The maximum atomic E-state index is 13.1. The molecule has 7 heteroatoms. The van der Waals surface area contributed by atoms with Crippen LogP contribution in [0, 0.1) is 6.92 Å². The van der Waals surface area contributed by atoms with E-state index in [2.05, 4.69) is 10.3 Å². The number of amides is 2. The molecule has 3 aromatic rings. The van der Waals surface area contributed by atoms with Gasteiger partial charge in [-0.2, -0.15) is 0 Å². The third-order valence-corrected chi connectivity index (χ3v) is 4.79. The van der Waals surface area contributed by atoms with Gasteiger partial charge in [-0.1, -0.05) is 24.3 Å². The van der Waals surface area contributed by atoms with Crippen molar-refractivity contribution >= 4 is 40.9 Å². The lowest BCUT2D eigenvalue weighted by Gasteiger charge is -2.29. The molecular weight excluding hydrogens is 398 g/mol. The Morgan fingerprint density at radius 3 is 2.37 bits per heavy atom. The van der Waals surface area contributed by atoms with Gasteiger partial charge in [0.1, 0.15) is 17.1 Å². The fourth-order valence-corrected chi connectivity index (χ4v) is 3.25. The Hall–Kier alpha value is -3.84. The minimum absolute atomic E-state index is 0.0246. The van der Waals surface area contributed by atoms with Crippen LogP contribution in [0.1, 0.15) is 11.3 Å². The van der Waals surface area contributed by atoms with E-state index in [0.717, 1.165) is 5.56 Å². The van der Waals surface area contributed by atoms with E-state index in [-0.39, 0.29) is 10.7 Å². The monoisotopic (exact) mass is 415 g/mol. The highest BCUT2D eigenvalue weighted by atomic mass is 32.1. The number of para-hydroxylation sites is 1. The Morgan fingerprint density at radius 2 is 1.67 bits per heavy atom. The van der Waals surface area contributed by atoms with Crippen molar-refractivity contribution in [2.75, 3.05) is 4.90 Å². The van der Waals surface area contributed by atoms with Gasteiger partial charge in [-0.25, -0.2) is 0 Å². The van der Waals surface area contributed by atoms with Crippen LogP contribution >= 0.6 is 12.2 Å². The Kier molecular flexibility index (Phi) is 5.36. The number of hydrogen-bond donors (Lipinski definition) is 1. The molecule has 1 aliphatic rings. The Balaban J connectivity index is 1.61. The van der Waals surface area contributed by atoms with Gasteiger partial charge >= 0.3 is 0 Å². The van der Waals surface area contributed by atoms with E-state index in [1.807, 2.05) is 43.3 Å². The normalized spacial score (nSPS) is 15.3. The highest BCUT2D eigenvalue weighted by Crippen LogP contribution is 2.27. The molecule has 0 saturated carbocycles. The number of carbonyl (C=O) groups excluding carboxylic acids is 2. The summed E-state index contributed by atoms with van der Waals surface area (Å²) in [5, 5.41) is 2.60. The zero-order valence-corrected chi connectivity index (χ0v) is 16.8. The van der Waals surface area contributed by atoms with Crippen LogP contribution < -0.4 is 15.0 Å². The van der Waals surface area contributed by atoms with Crippen molar-refractivity contribution in [2.45, 2.75) is 6.92 Å². The zero-order chi connectivity index (χ0) is 21.1. The predicted octanol–water partition coefficient (Wildman–Crippen LogP) is 4.01. The lowest BCUT2D eigenvalue weighted by molar-refractivity contribution is -0.122. The first-order valence-corrected chi connectivity index (χ1v) is 9.60. The molecule has 2 aromatic carbocycles. The number of nitrogens with zero attached hydrogens (tertiary/aromatic N) is 2. The van der Waals surface area contributed by atoms with Crippen LogP contribution in [-0.4, -0.2) is 21.9 Å². The number of aryl methyl sites for hydroxylation is 1. The molecule has 1 aromatic heterocycles. The first kappa shape index (κ1) is 19.5. The van der Waals surface area contributed by atoms with Crippen LogP contribution in [0.5, 0.6) is 11.5 Å². The van der Waals surface area contributed by atoms with Gasteiger partial charge in [0.15, 0.2) is 5.11 Å². The van der Waals surface area contributed by atoms with Crippen LogP contribution in [0.3, 0.4) is 0 Å². The second-order valence-electron chi connectivity index (χ2n) is 6.57. The van der Waals surface area contributed by atoms with Crippen molar-refractivity contribution in [3.05, 3.63) is 89.8 Å². The summed E-state index contributed by atoms with van der Waals surface area (Å²) in [6.45, 7) is 1.86. The lowest BCUT2D eigenvalue weighted by atomic mass is 10.1. The molecular formula is C23H17N3O3S. The largest absolute Gasteiger partial charge is 0.457 e. The van der Waals surface area contributed by atoms with E-state index in [1.54, 1.807) is 36.5 Å². The quantitative estimate of drug-likeness (QED) is 0.396. The topological polar surface area (TPSA) is 71.5 Å². The number of benzene rings is 2. The van der Waals surface area contributed by atoms with E-state index in [1.165, 1.54) is 11.0 Å². The number of ether oxygens (including phenoxy) is 1. The van der Waals surface area contributed by atoms with E-state index < -0.39 is 11.8 Å². The third-order valence-electron chi connectivity index (χ3n) is 4.51. The molecule has 2 amide bonds. The molecule has 2 heterocycles. The highest BCUT2D eigenvalue weighted by Gasteiger charge is 2.34. The average molecular weight is 415 g/mol. The minimum atomic E-state index is -0.546. The van der Waals surface area contributed by atoms with Crippen molar-refractivity contribution in [1.29, 1.82) is 0 Å². The van der Waals surface area contributed by atoms with Crippen molar-refractivity contribution in [2.24, 2.45) is 0 Å². The van der Waals surface area contributed by atoms with E-state index >= 15 is 0 Å². The molecule has 1 fully saturated rings. The van der Waals surface area contributed by atoms with Crippen LogP contribution in [0.25, 0.3) is 6.08 Å². The van der Waals surface area contributed by atoms with Crippen LogP contribution in [0.4, 0.5) is 5.69 Å². The molecule has 0 bridgehead atoms. The first-order chi connectivity index (χ1) is 14.5. The first-order valence-electron chi connectivity index (χ1n) is 9.19. The maximum absolute atomic E-state index is 13.1. The van der Waals surface area contributed by atoms with E-state index in [9.17, 15) is 9.59 Å². The van der Waals surface area contributed by atoms with E-state index in [0.29, 0.717) is 22.9 Å². The van der Waals surface area contributed by atoms with Gasteiger partial charge in [0.2, 0.25) is 0 Å². The van der Waals surface area contributed by atoms with Crippen molar-refractivity contribution in [3.63, 3.8) is 0 Å².